The molecule has 1 N–H and O–H groups in total. The third-order valence-corrected chi connectivity index (χ3v) is 6.42. The van der Waals surface area contributed by atoms with Gasteiger partial charge in [0.05, 0.1) is 6.61 Å². The molecule has 108 valence electrons. The molecule has 0 aromatic heterocycles. The first-order valence-electron chi connectivity index (χ1n) is 6.34. The third kappa shape index (κ3) is 6.89. The zero-order valence-corrected chi connectivity index (χ0v) is 14.2. The molecule has 3 nitrogen and oxygen atoms in total. The van der Waals surface area contributed by atoms with Crippen molar-refractivity contribution >= 4 is 28.9 Å². The number of benzene rings is 1. The van der Waals surface area contributed by atoms with E-state index in [1.807, 2.05) is 37.2 Å². The molecule has 0 bridgehead atoms. The maximum atomic E-state index is 10.2. The molecule has 1 unspecified atom stereocenters. The topological polar surface area (TPSA) is 32.7 Å². The van der Waals surface area contributed by atoms with E-state index in [4.69, 9.17) is 16.3 Å². The highest BCUT2D eigenvalue weighted by Gasteiger charge is 2.17. The van der Waals surface area contributed by atoms with Gasteiger partial charge in [-0.1, -0.05) is 31.5 Å². The second-order valence-corrected chi connectivity index (χ2v) is 10.6. The van der Waals surface area contributed by atoms with Crippen LogP contribution in [0.2, 0.25) is 0 Å². The number of hydrogen-bond donors (Lipinski definition) is 1. The summed E-state index contributed by atoms with van der Waals surface area (Å²) in [6.07, 6.45) is 2.07. The fourth-order valence-corrected chi connectivity index (χ4v) is 5.21. The molecule has 0 saturated carbocycles. The van der Waals surface area contributed by atoms with Crippen LogP contribution in [-0.2, 0) is 22.8 Å². The highest BCUT2D eigenvalue weighted by atomic mass is 32.9. The Labute approximate surface area is 125 Å². The zero-order valence-electron chi connectivity index (χ0n) is 11.7. The summed E-state index contributed by atoms with van der Waals surface area (Å²) in [7, 11) is 3.93. The van der Waals surface area contributed by atoms with Gasteiger partial charge in [0.1, 0.15) is 0 Å². The van der Waals surface area contributed by atoms with Gasteiger partial charge in [0, 0.05) is 11.4 Å². The summed E-state index contributed by atoms with van der Waals surface area (Å²) in [4.78, 5) is 13.3. The van der Waals surface area contributed by atoms with E-state index in [9.17, 15) is 4.89 Å². The third-order valence-electron chi connectivity index (χ3n) is 2.50. The molecule has 1 aromatic carbocycles. The van der Waals surface area contributed by atoms with Crippen LogP contribution in [0.15, 0.2) is 29.2 Å². The van der Waals surface area contributed by atoms with Gasteiger partial charge >= 0.3 is 0 Å². The van der Waals surface area contributed by atoms with Crippen LogP contribution in [0, 0.1) is 0 Å². The van der Waals surface area contributed by atoms with Crippen LogP contribution in [0.5, 0.6) is 0 Å². The van der Waals surface area contributed by atoms with E-state index in [1.165, 1.54) is 16.9 Å². The smallest absolute Gasteiger partial charge is 0.249 e. The molecule has 19 heavy (non-hydrogen) atoms. The second-order valence-electron chi connectivity index (χ2n) is 4.55. The van der Waals surface area contributed by atoms with Gasteiger partial charge in [0.2, 0.25) is 5.69 Å². The molecule has 1 aromatic rings. The van der Waals surface area contributed by atoms with Crippen molar-refractivity contribution in [3.8, 4) is 0 Å². The molecule has 0 fully saturated rings. The summed E-state index contributed by atoms with van der Waals surface area (Å²) < 4.78 is 5.48. The van der Waals surface area contributed by atoms with Gasteiger partial charge in [-0.05, 0) is 55.3 Å². The van der Waals surface area contributed by atoms with Gasteiger partial charge in [-0.25, -0.2) is 0 Å². The predicted molar refractivity (Wildman–Crippen MR) is 87.3 cm³/mol. The second kappa shape index (κ2) is 8.40. The van der Waals surface area contributed by atoms with E-state index in [0.717, 1.165) is 24.3 Å². The first kappa shape index (κ1) is 17.2. The lowest BCUT2D eigenvalue weighted by Gasteiger charge is -2.18. The van der Waals surface area contributed by atoms with Crippen LogP contribution in [0.3, 0.4) is 0 Å². The van der Waals surface area contributed by atoms with Gasteiger partial charge in [0.15, 0.2) is 0 Å². The van der Waals surface area contributed by atoms with Crippen LogP contribution in [0.4, 0.5) is 0 Å². The SMILES string of the molecule is CCCc1ccccc1SP(O)(=S)OCCN(C)C. The Kier molecular flexibility index (Phi) is 7.58. The highest BCUT2D eigenvalue weighted by molar-refractivity contribution is 8.67. The molecule has 0 aliphatic rings. The molecule has 1 rings (SSSR count). The lowest BCUT2D eigenvalue weighted by Crippen LogP contribution is -2.17. The Morgan fingerprint density at radius 1 is 1.37 bits per heavy atom. The Morgan fingerprint density at radius 3 is 2.68 bits per heavy atom. The maximum absolute atomic E-state index is 10.2. The van der Waals surface area contributed by atoms with E-state index in [2.05, 4.69) is 13.0 Å². The monoisotopic (exact) mass is 319 g/mol. The molecule has 6 heteroatoms. The van der Waals surface area contributed by atoms with Crippen LogP contribution in [-0.4, -0.2) is 37.0 Å². The number of hydrogen-bond acceptors (Lipinski definition) is 4. The fraction of sp³-hybridized carbons (Fsp3) is 0.538. The van der Waals surface area contributed by atoms with Crippen molar-refractivity contribution in [2.45, 2.75) is 24.7 Å². The lowest BCUT2D eigenvalue weighted by molar-refractivity contribution is 0.265. The summed E-state index contributed by atoms with van der Waals surface area (Å²) >= 11 is 6.51. The number of aryl methyl sites for hydroxylation is 1. The normalized spacial score (nSPS) is 14.6. The standard InChI is InChI=1S/C13H22NO2PS2/c1-4-7-12-8-5-6-9-13(12)19-17(15,18)16-11-10-14(2)3/h5-6,8-9H,4,7,10-11H2,1-3H3,(H,15,18). The largest absolute Gasteiger partial charge is 0.337 e. The van der Waals surface area contributed by atoms with Gasteiger partial charge in [-0.2, -0.15) is 0 Å². The molecular weight excluding hydrogens is 297 g/mol. The van der Waals surface area contributed by atoms with Crippen molar-refractivity contribution in [3.63, 3.8) is 0 Å². The molecule has 0 heterocycles. The Balaban J connectivity index is 2.64. The highest BCUT2D eigenvalue weighted by Crippen LogP contribution is 2.60. The quantitative estimate of drug-likeness (QED) is 0.741. The van der Waals surface area contributed by atoms with Crippen LogP contribution in [0.25, 0.3) is 0 Å². The summed E-state index contributed by atoms with van der Waals surface area (Å²) in [5, 5.41) is 0. The number of nitrogens with zero attached hydrogens (tertiary/aromatic N) is 1. The average Bonchev–Trinajstić information content (AvgIpc) is 2.31. The summed E-state index contributed by atoms with van der Waals surface area (Å²) in [5.41, 5.74) is -1.57. The zero-order chi connectivity index (χ0) is 14.3. The van der Waals surface area contributed by atoms with Crippen molar-refractivity contribution in [1.82, 2.24) is 4.90 Å². The molecule has 0 radical (unpaired) electrons. The Bertz CT molecular complexity index is 440. The maximum Gasteiger partial charge on any atom is 0.249 e. The van der Waals surface area contributed by atoms with Gasteiger partial charge in [-0.15, -0.1) is 0 Å². The van der Waals surface area contributed by atoms with E-state index in [1.54, 1.807) is 0 Å². The van der Waals surface area contributed by atoms with Crippen LogP contribution < -0.4 is 0 Å². The molecule has 0 aliphatic heterocycles. The van der Waals surface area contributed by atoms with Crippen LogP contribution in [0.1, 0.15) is 18.9 Å². The molecule has 0 amide bonds. The minimum Gasteiger partial charge on any atom is -0.337 e. The summed E-state index contributed by atoms with van der Waals surface area (Å²) in [6, 6.07) is 8.07. The van der Waals surface area contributed by atoms with E-state index >= 15 is 0 Å². The number of rotatable bonds is 8. The van der Waals surface area contributed by atoms with Crippen LogP contribution >= 0.6 is 17.1 Å². The van der Waals surface area contributed by atoms with Gasteiger partial charge < -0.3 is 14.3 Å². The molecule has 0 spiro atoms. The first-order chi connectivity index (χ1) is 8.94. The predicted octanol–water partition coefficient (Wildman–Crippen LogP) is 3.53. The summed E-state index contributed by atoms with van der Waals surface area (Å²) in [5.74, 6) is 0. The Hall–Kier alpha value is 0.1000. The van der Waals surface area contributed by atoms with Gasteiger partial charge in [0.25, 0.3) is 0 Å². The van der Waals surface area contributed by atoms with Crippen molar-refractivity contribution in [2.75, 3.05) is 27.2 Å². The molecule has 0 saturated heterocycles. The van der Waals surface area contributed by atoms with Gasteiger partial charge in [-0.3, -0.25) is 0 Å². The number of likely N-dealkylation sites (N-methyl/N-ethyl adjacent to an activating group) is 1. The molecule has 0 aliphatic carbocycles. The minimum absolute atomic E-state index is 0.462. The Morgan fingerprint density at radius 2 is 2.05 bits per heavy atom. The lowest BCUT2D eigenvalue weighted by atomic mass is 10.1. The van der Waals surface area contributed by atoms with Crippen molar-refractivity contribution in [2.24, 2.45) is 0 Å². The summed E-state index contributed by atoms with van der Waals surface area (Å²) in [6.45, 7) is 3.36. The van der Waals surface area contributed by atoms with Crippen molar-refractivity contribution in [3.05, 3.63) is 29.8 Å². The average molecular weight is 319 g/mol. The van der Waals surface area contributed by atoms with E-state index < -0.39 is 5.69 Å². The minimum atomic E-state index is -2.80. The molecule has 1 atom stereocenters. The first-order valence-corrected chi connectivity index (χ1v) is 10.4. The van der Waals surface area contributed by atoms with E-state index in [0.29, 0.717) is 6.61 Å². The molecular formula is C13H22NO2PS2. The fourth-order valence-electron chi connectivity index (χ4n) is 1.56. The van der Waals surface area contributed by atoms with Crippen molar-refractivity contribution < 1.29 is 9.42 Å². The van der Waals surface area contributed by atoms with E-state index in [-0.39, 0.29) is 0 Å². The van der Waals surface area contributed by atoms with Crippen molar-refractivity contribution in [1.29, 1.82) is 0 Å².